The molecule has 3 N–H and O–H groups in total. The molecule has 150 valence electrons. The summed E-state index contributed by atoms with van der Waals surface area (Å²) in [6, 6.07) is 7.84. The third kappa shape index (κ3) is 6.24. The molecule has 0 atom stereocenters. The average molecular weight is 423 g/mol. The third-order valence-electron chi connectivity index (χ3n) is 3.68. The number of aromatic nitrogens is 1. The van der Waals surface area contributed by atoms with Crippen LogP contribution in [-0.4, -0.2) is 25.5 Å². The molecule has 28 heavy (non-hydrogen) atoms. The van der Waals surface area contributed by atoms with Crippen LogP contribution < -0.4 is 15.6 Å². The molecule has 0 amide bonds. The summed E-state index contributed by atoms with van der Waals surface area (Å²) in [5.41, 5.74) is 2.03. The van der Waals surface area contributed by atoms with Crippen molar-refractivity contribution in [3.05, 3.63) is 63.7 Å². The molecule has 1 heterocycles. The van der Waals surface area contributed by atoms with E-state index >= 15 is 0 Å². The van der Waals surface area contributed by atoms with Crippen LogP contribution in [0.2, 0.25) is 5.02 Å². The van der Waals surface area contributed by atoms with Crippen LogP contribution in [0.4, 0.5) is 11.4 Å². The fraction of sp³-hybridized carbons (Fsp3) is 0.263. The second-order valence-corrected chi connectivity index (χ2v) is 8.92. The Hall–Kier alpha value is -2.58. The van der Waals surface area contributed by atoms with Gasteiger partial charge in [0.05, 0.1) is 17.0 Å². The van der Waals surface area contributed by atoms with Crippen LogP contribution in [0.1, 0.15) is 19.4 Å². The molecule has 1 aromatic heterocycles. The van der Waals surface area contributed by atoms with Crippen LogP contribution in [0.25, 0.3) is 5.57 Å². The number of halogens is 1. The van der Waals surface area contributed by atoms with E-state index in [2.05, 4.69) is 10.0 Å². The van der Waals surface area contributed by atoms with Crippen molar-refractivity contribution >= 4 is 44.8 Å². The summed E-state index contributed by atoms with van der Waals surface area (Å²) in [7, 11) is -3.40. The highest BCUT2D eigenvalue weighted by molar-refractivity contribution is 7.92. The van der Waals surface area contributed by atoms with Gasteiger partial charge in [-0.3, -0.25) is 9.52 Å². The van der Waals surface area contributed by atoms with E-state index in [1.165, 1.54) is 12.1 Å². The summed E-state index contributed by atoms with van der Waals surface area (Å²) in [6.45, 7) is 4.67. The Morgan fingerprint density at radius 1 is 1.25 bits per heavy atom. The standard InChI is InChI=1S/C19H23ClN4O3S/c1-13(2)11-24-12-16(5-7-19(24)25)22-10-14(9-21)17-6-4-15(8-18(17)20)23-28(3,26)27/h4-10,12-13,21-23H,11H2,1-3H3/b14-10+,21-9?. The van der Waals surface area contributed by atoms with Crippen LogP contribution in [0, 0.1) is 11.3 Å². The monoisotopic (exact) mass is 422 g/mol. The van der Waals surface area contributed by atoms with Gasteiger partial charge in [0.2, 0.25) is 10.0 Å². The highest BCUT2D eigenvalue weighted by atomic mass is 35.5. The third-order valence-corrected chi connectivity index (χ3v) is 4.60. The number of hydrogen-bond donors (Lipinski definition) is 3. The minimum atomic E-state index is -3.40. The minimum absolute atomic E-state index is 0.0764. The molecule has 0 aliphatic rings. The van der Waals surface area contributed by atoms with E-state index in [0.717, 1.165) is 12.5 Å². The first-order valence-electron chi connectivity index (χ1n) is 8.54. The minimum Gasteiger partial charge on any atom is -0.360 e. The van der Waals surface area contributed by atoms with Crippen molar-refractivity contribution in [2.75, 3.05) is 16.3 Å². The molecule has 9 heteroatoms. The van der Waals surface area contributed by atoms with Gasteiger partial charge >= 0.3 is 0 Å². The second-order valence-electron chi connectivity index (χ2n) is 6.76. The van der Waals surface area contributed by atoms with Gasteiger partial charge in [-0.25, -0.2) is 8.42 Å². The van der Waals surface area contributed by atoms with Gasteiger partial charge in [0, 0.05) is 48.0 Å². The number of sulfonamides is 1. The van der Waals surface area contributed by atoms with Gasteiger partial charge in [-0.05, 0) is 24.1 Å². The predicted molar refractivity (Wildman–Crippen MR) is 116 cm³/mol. The van der Waals surface area contributed by atoms with Crippen molar-refractivity contribution in [2.24, 2.45) is 5.92 Å². The van der Waals surface area contributed by atoms with Crippen LogP contribution in [-0.2, 0) is 16.6 Å². The molecule has 0 bridgehead atoms. The molecule has 0 aliphatic heterocycles. The van der Waals surface area contributed by atoms with E-state index < -0.39 is 10.0 Å². The van der Waals surface area contributed by atoms with E-state index in [1.54, 1.807) is 35.2 Å². The number of nitrogens with zero attached hydrogens (tertiary/aromatic N) is 1. The van der Waals surface area contributed by atoms with E-state index in [9.17, 15) is 13.2 Å². The first-order valence-corrected chi connectivity index (χ1v) is 10.8. The molecule has 0 unspecified atom stereocenters. The summed E-state index contributed by atoms with van der Waals surface area (Å²) in [5, 5.41) is 11.0. The molecular formula is C19H23ClN4O3S. The Kier molecular flexibility index (Phi) is 7.04. The molecule has 1 aromatic carbocycles. The van der Waals surface area contributed by atoms with Crippen molar-refractivity contribution in [3.8, 4) is 0 Å². The van der Waals surface area contributed by atoms with Gasteiger partial charge < -0.3 is 15.3 Å². The topological polar surface area (TPSA) is 104 Å². The highest BCUT2D eigenvalue weighted by Crippen LogP contribution is 2.26. The Morgan fingerprint density at radius 2 is 1.93 bits per heavy atom. The zero-order valence-electron chi connectivity index (χ0n) is 15.9. The molecule has 2 rings (SSSR count). The zero-order chi connectivity index (χ0) is 20.9. The molecule has 7 nitrogen and oxygen atoms in total. The summed E-state index contributed by atoms with van der Waals surface area (Å²) < 4.78 is 26.6. The van der Waals surface area contributed by atoms with E-state index in [1.807, 2.05) is 13.8 Å². The quantitative estimate of drug-likeness (QED) is 0.565. The molecule has 0 radical (unpaired) electrons. The number of nitrogens with one attached hydrogen (secondary N) is 3. The van der Waals surface area contributed by atoms with Gasteiger partial charge in [0.15, 0.2) is 0 Å². The average Bonchev–Trinajstić information content (AvgIpc) is 2.57. The van der Waals surface area contributed by atoms with E-state index in [0.29, 0.717) is 40.0 Å². The number of hydrogen-bond acceptors (Lipinski definition) is 5. The van der Waals surface area contributed by atoms with Crippen LogP contribution in [0.3, 0.4) is 0 Å². The maximum atomic E-state index is 11.9. The molecule has 0 saturated carbocycles. The Labute approximate surface area is 169 Å². The molecule has 2 aromatic rings. The fourth-order valence-electron chi connectivity index (χ4n) is 2.54. The van der Waals surface area contributed by atoms with Crippen molar-refractivity contribution in [2.45, 2.75) is 20.4 Å². The SMILES string of the molecule is CC(C)Cn1cc(N/C=C(\C=N)c2ccc(NS(C)(=O)=O)cc2Cl)ccc1=O. The molecule has 0 aliphatic carbocycles. The lowest BCUT2D eigenvalue weighted by molar-refractivity contribution is 0.511. The smallest absolute Gasteiger partial charge is 0.250 e. The number of rotatable bonds is 8. The molecule has 0 spiro atoms. The molecule has 0 saturated heterocycles. The Balaban J connectivity index is 2.27. The number of anilines is 2. The normalized spacial score (nSPS) is 12.1. The van der Waals surface area contributed by atoms with E-state index in [-0.39, 0.29) is 5.56 Å². The molecular weight excluding hydrogens is 400 g/mol. The maximum Gasteiger partial charge on any atom is 0.250 e. The lowest BCUT2D eigenvalue weighted by atomic mass is 10.1. The summed E-state index contributed by atoms with van der Waals surface area (Å²) >= 11 is 6.26. The second kappa shape index (κ2) is 9.07. The number of pyridine rings is 1. The van der Waals surface area contributed by atoms with Crippen molar-refractivity contribution in [1.82, 2.24) is 4.57 Å². The Bertz CT molecular complexity index is 1060. The summed E-state index contributed by atoms with van der Waals surface area (Å²) in [5.74, 6) is 0.332. The van der Waals surface area contributed by atoms with Gasteiger partial charge in [-0.1, -0.05) is 31.5 Å². The summed E-state index contributed by atoms with van der Waals surface area (Å²) in [6.07, 6.45) is 5.53. The van der Waals surface area contributed by atoms with Gasteiger partial charge in [0.25, 0.3) is 5.56 Å². The van der Waals surface area contributed by atoms with E-state index in [4.69, 9.17) is 17.0 Å². The van der Waals surface area contributed by atoms with Crippen molar-refractivity contribution < 1.29 is 8.42 Å². The summed E-state index contributed by atoms with van der Waals surface area (Å²) in [4.78, 5) is 11.9. The predicted octanol–water partition coefficient (Wildman–Crippen LogP) is 3.63. The van der Waals surface area contributed by atoms with Gasteiger partial charge in [-0.15, -0.1) is 0 Å². The van der Waals surface area contributed by atoms with Gasteiger partial charge in [-0.2, -0.15) is 0 Å². The lowest BCUT2D eigenvalue weighted by Crippen LogP contribution is -2.21. The fourth-order valence-corrected chi connectivity index (χ4v) is 3.38. The largest absolute Gasteiger partial charge is 0.360 e. The first kappa shape index (κ1) is 21.7. The molecule has 0 fully saturated rings. The maximum absolute atomic E-state index is 11.9. The lowest BCUT2D eigenvalue weighted by Gasteiger charge is -2.12. The van der Waals surface area contributed by atoms with Crippen molar-refractivity contribution in [3.63, 3.8) is 0 Å². The van der Waals surface area contributed by atoms with Gasteiger partial charge in [0.1, 0.15) is 0 Å². The highest BCUT2D eigenvalue weighted by Gasteiger charge is 2.09. The number of benzene rings is 1. The van der Waals surface area contributed by atoms with Crippen LogP contribution in [0.15, 0.2) is 47.5 Å². The zero-order valence-corrected chi connectivity index (χ0v) is 17.4. The van der Waals surface area contributed by atoms with Crippen molar-refractivity contribution in [1.29, 1.82) is 5.41 Å². The van der Waals surface area contributed by atoms with Crippen LogP contribution in [0.5, 0.6) is 0 Å². The Morgan fingerprint density at radius 3 is 2.50 bits per heavy atom. The number of allylic oxidation sites excluding steroid dienone is 1. The first-order chi connectivity index (χ1) is 13.1. The van der Waals surface area contributed by atoms with Crippen LogP contribution >= 0.6 is 11.6 Å².